The average Bonchev–Trinajstić information content (AvgIpc) is 3.30. The third-order valence-corrected chi connectivity index (χ3v) is 4.25. The van der Waals surface area contributed by atoms with Crippen LogP contribution in [0.5, 0.6) is 0 Å². The van der Waals surface area contributed by atoms with Crippen LogP contribution in [0.15, 0.2) is 40.9 Å². The van der Waals surface area contributed by atoms with Gasteiger partial charge in [0.05, 0.1) is 28.4 Å². The molecular formula is C18H14N4O2. The number of nitriles is 1. The molecule has 0 bridgehead atoms. The van der Waals surface area contributed by atoms with Gasteiger partial charge < -0.3 is 9.84 Å². The highest BCUT2D eigenvalue weighted by atomic mass is 16.5. The summed E-state index contributed by atoms with van der Waals surface area (Å²) in [4.78, 5) is 17.2. The molecule has 0 atom stereocenters. The van der Waals surface area contributed by atoms with Gasteiger partial charge in [0.2, 0.25) is 0 Å². The van der Waals surface area contributed by atoms with E-state index in [9.17, 15) is 10.1 Å². The first-order valence-corrected chi connectivity index (χ1v) is 7.68. The van der Waals surface area contributed by atoms with E-state index in [4.69, 9.17) is 4.52 Å². The Morgan fingerprint density at radius 2 is 2.08 bits per heavy atom. The van der Waals surface area contributed by atoms with Crippen LogP contribution in [0.25, 0.3) is 22.4 Å². The molecule has 1 fully saturated rings. The van der Waals surface area contributed by atoms with Gasteiger partial charge >= 0.3 is 0 Å². The van der Waals surface area contributed by atoms with Crippen molar-refractivity contribution in [2.24, 2.45) is 0 Å². The Kier molecular flexibility index (Phi) is 3.10. The predicted molar refractivity (Wildman–Crippen MR) is 87.0 cm³/mol. The molecule has 1 aromatic carbocycles. The maximum atomic E-state index is 12.7. The smallest absolute Gasteiger partial charge is 0.259 e. The van der Waals surface area contributed by atoms with Gasteiger partial charge in [0.15, 0.2) is 0 Å². The molecule has 0 aliphatic heterocycles. The predicted octanol–water partition coefficient (Wildman–Crippen LogP) is 2.98. The van der Waals surface area contributed by atoms with Gasteiger partial charge in [-0.3, -0.25) is 4.79 Å². The largest absolute Gasteiger partial charge is 0.335 e. The van der Waals surface area contributed by atoms with E-state index in [0.717, 1.165) is 5.56 Å². The lowest BCUT2D eigenvalue weighted by molar-refractivity contribution is 0.0943. The highest BCUT2D eigenvalue weighted by Gasteiger charge is 2.45. The van der Waals surface area contributed by atoms with E-state index in [-0.39, 0.29) is 5.91 Å². The molecule has 0 radical (unpaired) electrons. The zero-order valence-electron chi connectivity index (χ0n) is 13.0. The van der Waals surface area contributed by atoms with Gasteiger partial charge in [-0.1, -0.05) is 35.5 Å². The number of nitrogens with one attached hydrogen (secondary N) is 1. The lowest BCUT2D eigenvalue weighted by atomic mass is 10.0. The number of aromatic nitrogens is 2. The van der Waals surface area contributed by atoms with Crippen LogP contribution in [0, 0.1) is 18.3 Å². The maximum Gasteiger partial charge on any atom is 0.259 e. The summed E-state index contributed by atoms with van der Waals surface area (Å²) < 4.78 is 5.27. The summed E-state index contributed by atoms with van der Waals surface area (Å²) in [6.45, 7) is 1.77. The molecule has 3 aromatic rings. The fourth-order valence-corrected chi connectivity index (χ4v) is 2.71. The first-order chi connectivity index (χ1) is 11.6. The number of amides is 1. The van der Waals surface area contributed by atoms with Gasteiger partial charge in [0.1, 0.15) is 5.54 Å². The van der Waals surface area contributed by atoms with Gasteiger partial charge in [-0.05, 0) is 25.8 Å². The first kappa shape index (κ1) is 14.4. The highest BCUT2D eigenvalue weighted by Crippen LogP contribution is 2.35. The number of rotatable bonds is 3. The third kappa shape index (κ3) is 2.31. The Morgan fingerprint density at radius 1 is 1.33 bits per heavy atom. The van der Waals surface area contributed by atoms with E-state index in [1.165, 1.54) is 0 Å². The molecule has 2 aromatic heterocycles. The fourth-order valence-electron chi connectivity index (χ4n) is 2.71. The summed E-state index contributed by atoms with van der Waals surface area (Å²) in [5.74, 6) is -0.301. The van der Waals surface area contributed by atoms with Crippen LogP contribution in [0.4, 0.5) is 0 Å². The highest BCUT2D eigenvalue weighted by molar-refractivity contribution is 6.07. The number of carbonyl (C=O) groups is 1. The summed E-state index contributed by atoms with van der Waals surface area (Å²) >= 11 is 0. The Bertz CT molecular complexity index is 981. The standard InChI is InChI=1S/C18H14N4O2/c1-11-15-13(16(23)21-18(10-19)7-8-18)9-14(20-17(15)24-22-11)12-5-3-2-4-6-12/h2-6,9H,7-8H2,1H3,(H,21,23). The summed E-state index contributed by atoms with van der Waals surface area (Å²) in [7, 11) is 0. The van der Waals surface area contributed by atoms with Gasteiger partial charge in [-0.15, -0.1) is 0 Å². The van der Waals surface area contributed by atoms with Gasteiger partial charge in [0.25, 0.3) is 11.6 Å². The molecule has 6 nitrogen and oxygen atoms in total. The number of pyridine rings is 1. The number of hydrogen-bond donors (Lipinski definition) is 1. The van der Waals surface area contributed by atoms with Crippen molar-refractivity contribution in [1.82, 2.24) is 15.5 Å². The number of fused-ring (bicyclic) bond motifs is 1. The van der Waals surface area contributed by atoms with Crippen molar-refractivity contribution >= 4 is 17.0 Å². The van der Waals surface area contributed by atoms with Crippen LogP contribution in [0.1, 0.15) is 28.9 Å². The first-order valence-electron chi connectivity index (χ1n) is 7.68. The van der Waals surface area contributed by atoms with E-state index >= 15 is 0 Å². The number of aryl methyl sites for hydroxylation is 1. The second-order valence-electron chi connectivity index (χ2n) is 6.02. The lowest BCUT2D eigenvalue weighted by Gasteiger charge is -2.11. The maximum absolute atomic E-state index is 12.7. The second-order valence-corrected chi connectivity index (χ2v) is 6.02. The van der Waals surface area contributed by atoms with Gasteiger partial charge in [0, 0.05) is 5.56 Å². The van der Waals surface area contributed by atoms with Crippen molar-refractivity contribution in [3.8, 4) is 17.3 Å². The van der Waals surface area contributed by atoms with Crippen molar-refractivity contribution in [1.29, 1.82) is 5.26 Å². The normalized spacial score (nSPS) is 15.0. The summed E-state index contributed by atoms with van der Waals surface area (Å²) in [5.41, 5.74) is 2.13. The molecule has 24 heavy (non-hydrogen) atoms. The van der Waals surface area contributed by atoms with Crippen molar-refractivity contribution < 1.29 is 9.32 Å². The lowest BCUT2D eigenvalue weighted by Crippen LogP contribution is -2.35. The molecular weight excluding hydrogens is 304 g/mol. The molecule has 1 saturated carbocycles. The minimum Gasteiger partial charge on any atom is -0.335 e. The topological polar surface area (TPSA) is 91.8 Å². The van der Waals surface area contributed by atoms with Gasteiger partial charge in [-0.2, -0.15) is 5.26 Å². The number of carbonyl (C=O) groups excluding carboxylic acids is 1. The van der Waals surface area contributed by atoms with Crippen molar-refractivity contribution in [2.75, 3.05) is 0 Å². The SMILES string of the molecule is Cc1noc2nc(-c3ccccc3)cc(C(=O)NC3(C#N)CC3)c12. The Balaban J connectivity index is 1.85. The van der Waals surface area contributed by atoms with E-state index in [0.29, 0.717) is 40.9 Å². The molecule has 2 heterocycles. The van der Waals surface area contributed by atoms with E-state index < -0.39 is 5.54 Å². The minimum atomic E-state index is -0.731. The molecule has 0 saturated heterocycles. The van der Waals surface area contributed by atoms with Crippen LogP contribution in [0.2, 0.25) is 0 Å². The van der Waals surface area contributed by atoms with Crippen LogP contribution in [-0.2, 0) is 0 Å². The molecule has 1 aliphatic rings. The second kappa shape index (κ2) is 5.17. The molecule has 6 heteroatoms. The number of nitrogens with zero attached hydrogens (tertiary/aromatic N) is 3. The monoisotopic (exact) mass is 318 g/mol. The Hall–Kier alpha value is -3.20. The minimum absolute atomic E-state index is 0.301. The third-order valence-electron chi connectivity index (χ3n) is 4.25. The Labute approximate surface area is 138 Å². The zero-order valence-corrected chi connectivity index (χ0v) is 13.0. The number of hydrogen-bond acceptors (Lipinski definition) is 5. The molecule has 118 valence electrons. The van der Waals surface area contributed by atoms with E-state index in [1.54, 1.807) is 13.0 Å². The van der Waals surface area contributed by atoms with Crippen molar-refractivity contribution in [3.63, 3.8) is 0 Å². The number of benzene rings is 1. The fraction of sp³-hybridized carbons (Fsp3) is 0.222. The summed E-state index contributed by atoms with van der Waals surface area (Å²) in [6.07, 6.45) is 1.36. The molecule has 4 rings (SSSR count). The molecule has 0 spiro atoms. The molecule has 0 unspecified atom stereocenters. The van der Waals surface area contributed by atoms with E-state index in [1.807, 2.05) is 30.3 Å². The Morgan fingerprint density at radius 3 is 2.75 bits per heavy atom. The van der Waals surface area contributed by atoms with Crippen LogP contribution < -0.4 is 5.32 Å². The van der Waals surface area contributed by atoms with E-state index in [2.05, 4.69) is 21.5 Å². The van der Waals surface area contributed by atoms with Crippen LogP contribution >= 0.6 is 0 Å². The molecule has 1 amide bonds. The molecule has 1 N–H and O–H groups in total. The summed E-state index contributed by atoms with van der Waals surface area (Å²) in [5, 5.41) is 16.5. The van der Waals surface area contributed by atoms with Gasteiger partial charge in [-0.25, -0.2) is 4.98 Å². The van der Waals surface area contributed by atoms with Crippen LogP contribution in [0.3, 0.4) is 0 Å². The summed E-state index contributed by atoms with van der Waals surface area (Å²) in [6, 6.07) is 13.4. The average molecular weight is 318 g/mol. The van der Waals surface area contributed by atoms with Crippen molar-refractivity contribution in [2.45, 2.75) is 25.3 Å². The quantitative estimate of drug-likeness (QED) is 0.801. The van der Waals surface area contributed by atoms with Crippen LogP contribution in [-0.4, -0.2) is 21.6 Å². The molecule has 1 aliphatic carbocycles. The van der Waals surface area contributed by atoms with Crippen molar-refractivity contribution in [3.05, 3.63) is 47.7 Å². The zero-order chi connectivity index (χ0) is 16.7.